The van der Waals surface area contributed by atoms with Gasteiger partial charge in [-0.3, -0.25) is 0 Å². The third-order valence-electron chi connectivity index (χ3n) is 3.79. The third kappa shape index (κ3) is 2.94. The topological polar surface area (TPSA) is 47.3 Å². The second kappa shape index (κ2) is 5.74. The van der Waals surface area contributed by atoms with Crippen molar-refractivity contribution in [3.8, 4) is 6.07 Å². The van der Waals surface area contributed by atoms with Crippen LogP contribution in [0.1, 0.15) is 24.0 Å². The van der Waals surface area contributed by atoms with Crippen LogP contribution < -0.4 is 4.90 Å². The van der Waals surface area contributed by atoms with Crippen LogP contribution in [0.25, 0.3) is 0 Å². The lowest BCUT2D eigenvalue weighted by Gasteiger charge is -2.32. The smallest absolute Gasteiger partial charge is 0.382 e. The van der Waals surface area contributed by atoms with Gasteiger partial charge < -0.3 is 10.0 Å². The number of rotatable bonds is 2. The third-order valence-corrected chi connectivity index (χ3v) is 4.27. The van der Waals surface area contributed by atoms with E-state index in [9.17, 15) is 18.3 Å². The van der Waals surface area contributed by atoms with Crippen molar-refractivity contribution < 1.29 is 18.3 Å². The van der Waals surface area contributed by atoms with Crippen LogP contribution in [0.5, 0.6) is 0 Å². The van der Waals surface area contributed by atoms with Gasteiger partial charge in [0.25, 0.3) is 0 Å². The van der Waals surface area contributed by atoms with E-state index in [0.29, 0.717) is 24.2 Å². The molecule has 2 atom stereocenters. The molecule has 0 aliphatic carbocycles. The molecule has 1 aromatic rings. The first-order valence-electron chi connectivity index (χ1n) is 6.48. The minimum absolute atomic E-state index is 0.238. The summed E-state index contributed by atoms with van der Waals surface area (Å²) in [6.07, 6.45) is -6.22. The summed E-state index contributed by atoms with van der Waals surface area (Å²) in [5.74, 6) is 0. The van der Waals surface area contributed by atoms with Gasteiger partial charge in [0.1, 0.15) is 6.07 Å². The van der Waals surface area contributed by atoms with Crippen LogP contribution in [-0.2, 0) is 0 Å². The number of alkyl halides is 3. The maximum Gasteiger partial charge on any atom is 0.416 e. The highest BCUT2D eigenvalue weighted by atomic mass is 35.5. The number of anilines is 1. The van der Waals surface area contributed by atoms with Crippen LogP contribution in [0.15, 0.2) is 12.1 Å². The van der Waals surface area contributed by atoms with Gasteiger partial charge in [0, 0.05) is 12.2 Å². The number of hydrogen-bond donors (Lipinski definition) is 1. The van der Waals surface area contributed by atoms with Crippen molar-refractivity contribution in [3.05, 3.63) is 28.3 Å². The summed E-state index contributed by atoms with van der Waals surface area (Å²) in [7, 11) is 0. The van der Waals surface area contributed by atoms with Gasteiger partial charge in [0.15, 0.2) is 6.10 Å². The zero-order valence-corrected chi connectivity index (χ0v) is 12.0. The SMILES string of the molecule is Cc1c(N2CCC[C@@H]2[C@@H](O)C(F)(F)F)ccc(C#N)c1Cl. The Balaban J connectivity index is 2.38. The molecule has 3 nitrogen and oxygen atoms in total. The van der Waals surface area contributed by atoms with Gasteiger partial charge in [-0.1, -0.05) is 11.6 Å². The van der Waals surface area contributed by atoms with Crippen molar-refractivity contribution in [2.45, 2.75) is 38.1 Å². The van der Waals surface area contributed by atoms with Crippen molar-refractivity contribution in [2.75, 3.05) is 11.4 Å². The molecule has 1 saturated heterocycles. The second-order valence-corrected chi connectivity index (χ2v) is 5.45. The van der Waals surface area contributed by atoms with E-state index in [1.54, 1.807) is 13.0 Å². The lowest BCUT2D eigenvalue weighted by atomic mass is 10.0. The molecule has 1 heterocycles. The molecule has 0 amide bonds. The van der Waals surface area contributed by atoms with Crippen LogP contribution in [0.2, 0.25) is 5.02 Å². The molecule has 1 fully saturated rings. The predicted octanol–water partition coefficient (Wildman–Crippen LogP) is 3.41. The Bertz CT molecular complexity index is 583. The van der Waals surface area contributed by atoms with Gasteiger partial charge >= 0.3 is 6.18 Å². The Morgan fingerprint density at radius 2 is 2.14 bits per heavy atom. The average molecular weight is 319 g/mol. The first-order chi connectivity index (χ1) is 9.77. The number of nitriles is 1. The molecule has 0 radical (unpaired) electrons. The van der Waals surface area contributed by atoms with E-state index >= 15 is 0 Å². The molecule has 0 bridgehead atoms. The summed E-state index contributed by atoms with van der Waals surface area (Å²) in [5, 5.41) is 18.7. The van der Waals surface area contributed by atoms with Crippen LogP contribution in [-0.4, -0.2) is 30.0 Å². The fourth-order valence-corrected chi connectivity index (χ4v) is 2.91. The summed E-state index contributed by atoms with van der Waals surface area (Å²) in [5.41, 5.74) is 1.37. The molecule has 0 saturated carbocycles. The normalized spacial score (nSPS) is 20.4. The quantitative estimate of drug-likeness (QED) is 0.909. The molecule has 1 aromatic carbocycles. The number of hydrogen-bond acceptors (Lipinski definition) is 3. The Kier molecular flexibility index (Phi) is 4.35. The molecule has 21 heavy (non-hydrogen) atoms. The van der Waals surface area contributed by atoms with Gasteiger partial charge in [-0.25, -0.2) is 0 Å². The molecule has 2 rings (SSSR count). The summed E-state index contributed by atoms with van der Waals surface area (Å²) in [6, 6.07) is 3.98. The van der Waals surface area contributed by atoms with E-state index in [2.05, 4.69) is 0 Å². The largest absolute Gasteiger partial charge is 0.416 e. The number of benzene rings is 1. The highest BCUT2D eigenvalue weighted by Crippen LogP contribution is 2.37. The summed E-state index contributed by atoms with van der Waals surface area (Å²) < 4.78 is 38.2. The van der Waals surface area contributed by atoms with Crippen LogP contribution in [0.3, 0.4) is 0 Å². The Morgan fingerprint density at radius 1 is 1.48 bits per heavy atom. The molecule has 1 aliphatic rings. The maximum atomic E-state index is 12.7. The van der Waals surface area contributed by atoms with Crippen molar-refractivity contribution >= 4 is 17.3 Å². The highest BCUT2D eigenvalue weighted by Gasteiger charge is 2.47. The molecular weight excluding hydrogens is 305 g/mol. The number of nitrogens with zero attached hydrogens (tertiary/aromatic N) is 2. The van der Waals surface area contributed by atoms with Gasteiger partial charge in [0.2, 0.25) is 0 Å². The van der Waals surface area contributed by atoms with E-state index in [0.717, 1.165) is 0 Å². The van der Waals surface area contributed by atoms with Crippen LogP contribution in [0, 0.1) is 18.3 Å². The molecule has 1 aliphatic heterocycles. The number of halogens is 4. The highest BCUT2D eigenvalue weighted by molar-refractivity contribution is 6.32. The molecule has 1 N–H and O–H groups in total. The number of aliphatic hydroxyl groups is 1. The standard InChI is InChI=1S/C14H14ClF3N2O/c1-8-10(5-4-9(7-19)12(8)15)20-6-2-3-11(20)13(21)14(16,17)18/h4-5,11,13,21H,2-3,6H2,1H3/t11-,13-/m1/s1. The molecule has 7 heteroatoms. The Hall–Kier alpha value is -1.45. The van der Waals surface area contributed by atoms with Crippen LogP contribution >= 0.6 is 11.6 Å². The minimum Gasteiger partial charge on any atom is -0.382 e. The minimum atomic E-state index is -4.66. The lowest BCUT2D eigenvalue weighted by Crippen LogP contribution is -2.47. The lowest BCUT2D eigenvalue weighted by molar-refractivity contribution is -0.209. The molecule has 0 aromatic heterocycles. The molecule has 0 spiro atoms. The van der Waals surface area contributed by atoms with Gasteiger partial charge in [0.05, 0.1) is 16.6 Å². The number of aliphatic hydroxyl groups excluding tert-OH is 1. The van der Waals surface area contributed by atoms with Gasteiger partial charge in [-0.05, 0) is 37.5 Å². The Labute approximate surface area is 125 Å². The van der Waals surface area contributed by atoms with Crippen molar-refractivity contribution in [1.82, 2.24) is 0 Å². The molecular formula is C14H14ClF3N2O. The van der Waals surface area contributed by atoms with E-state index in [4.69, 9.17) is 16.9 Å². The first kappa shape index (κ1) is 15.9. The second-order valence-electron chi connectivity index (χ2n) is 5.07. The van der Waals surface area contributed by atoms with Gasteiger partial charge in [-0.15, -0.1) is 0 Å². The maximum absolute atomic E-state index is 12.7. The fourth-order valence-electron chi connectivity index (χ4n) is 2.71. The Morgan fingerprint density at radius 3 is 2.71 bits per heavy atom. The van der Waals surface area contributed by atoms with Crippen molar-refractivity contribution in [3.63, 3.8) is 0 Å². The summed E-state index contributed by atoms with van der Waals surface area (Å²) in [4.78, 5) is 1.53. The van der Waals surface area contributed by atoms with E-state index < -0.39 is 18.3 Å². The van der Waals surface area contributed by atoms with Crippen molar-refractivity contribution in [2.24, 2.45) is 0 Å². The fraction of sp³-hybridized carbons (Fsp3) is 0.500. The van der Waals surface area contributed by atoms with E-state index in [-0.39, 0.29) is 17.0 Å². The van der Waals surface area contributed by atoms with Gasteiger partial charge in [-0.2, -0.15) is 18.4 Å². The molecule has 114 valence electrons. The first-order valence-corrected chi connectivity index (χ1v) is 6.85. The average Bonchev–Trinajstić information content (AvgIpc) is 2.88. The monoisotopic (exact) mass is 318 g/mol. The predicted molar refractivity (Wildman–Crippen MR) is 73.3 cm³/mol. The van der Waals surface area contributed by atoms with Crippen molar-refractivity contribution in [1.29, 1.82) is 5.26 Å². The summed E-state index contributed by atoms with van der Waals surface area (Å²) in [6.45, 7) is 2.08. The zero-order chi connectivity index (χ0) is 15.8. The zero-order valence-electron chi connectivity index (χ0n) is 11.3. The summed E-state index contributed by atoms with van der Waals surface area (Å²) >= 11 is 6.06. The van der Waals surface area contributed by atoms with Crippen LogP contribution in [0.4, 0.5) is 18.9 Å². The molecule has 0 unspecified atom stereocenters. The van der Waals surface area contributed by atoms with E-state index in [1.807, 2.05) is 6.07 Å². The van der Waals surface area contributed by atoms with E-state index in [1.165, 1.54) is 11.0 Å².